The van der Waals surface area contributed by atoms with E-state index in [1.54, 1.807) is 11.8 Å². The van der Waals surface area contributed by atoms with Gasteiger partial charge in [-0.3, -0.25) is 4.68 Å². The summed E-state index contributed by atoms with van der Waals surface area (Å²) >= 11 is 1.73. The summed E-state index contributed by atoms with van der Waals surface area (Å²) in [7, 11) is 1.95. The van der Waals surface area contributed by atoms with E-state index in [2.05, 4.69) is 28.8 Å². The van der Waals surface area contributed by atoms with Gasteiger partial charge in [0.25, 0.3) is 0 Å². The molecule has 0 aliphatic carbocycles. The van der Waals surface area contributed by atoms with E-state index in [0.717, 1.165) is 24.6 Å². The first kappa shape index (κ1) is 14.3. The third-order valence-corrected chi connectivity index (χ3v) is 4.31. The van der Waals surface area contributed by atoms with Crippen molar-refractivity contribution in [1.29, 1.82) is 0 Å². The summed E-state index contributed by atoms with van der Waals surface area (Å²) in [6.45, 7) is 2.82. The molecule has 0 atom stereocenters. The van der Waals surface area contributed by atoms with Crippen LogP contribution in [0.2, 0.25) is 0 Å². The molecule has 5 nitrogen and oxygen atoms in total. The predicted octanol–water partition coefficient (Wildman–Crippen LogP) is 2.20. The van der Waals surface area contributed by atoms with Gasteiger partial charge in [0.2, 0.25) is 0 Å². The first-order valence-electron chi connectivity index (χ1n) is 6.92. The number of hydrogen-bond acceptors (Lipinski definition) is 5. The number of fused-ring (bicyclic) bond motifs is 1. The predicted molar refractivity (Wildman–Crippen MR) is 83.0 cm³/mol. The van der Waals surface area contributed by atoms with Crippen molar-refractivity contribution in [2.45, 2.75) is 18.0 Å². The summed E-state index contributed by atoms with van der Waals surface area (Å²) in [5, 5.41) is 7.63. The van der Waals surface area contributed by atoms with Crippen LogP contribution in [-0.4, -0.2) is 29.3 Å². The van der Waals surface area contributed by atoms with Crippen molar-refractivity contribution in [2.24, 2.45) is 7.05 Å². The van der Waals surface area contributed by atoms with E-state index in [1.807, 2.05) is 24.0 Å². The minimum Gasteiger partial charge on any atom is -0.486 e. The molecule has 1 aliphatic rings. The van der Waals surface area contributed by atoms with Crippen molar-refractivity contribution < 1.29 is 9.47 Å². The molecule has 21 heavy (non-hydrogen) atoms. The van der Waals surface area contributed by atoms with Crippen LogP contribution in [0.5, 0.6) is 11.5 Å². The third-order valence-electron chi connectivity index (χ3n) is 3.49. The van der Waals surface area contributed by atoms with Crippen LogP contribution in [0.3, 0.4) is 0 Å². The highest BCUT2D eigenvalue weighted by atomic mass is 32.2. The molecule has 0 unspecified atom stereocenters. The molecule has 0 spiro atoms. The molecule has 112 valence electrons. The zero-order chi connectivity index (χ0) is 14.7. The highest BCUT2D eigenvalue weighted by molar-refractivity contribution is 7.98. The smallest absolute Gasteiger partial charge is 0.162 e. The minimum absolute atomic E-state index is 0.619. The van der Waals surface area contributed by atoms with Gasteiger partial charge in [0.15, 0.2) is 11.5 Å². The molecular formula is C15H19N3O2S. The monoisotopic (exact) mass is 305 g/mol. The van der Waals surface area contributed by atoms with Crippen LogP contribution in [0.1, 0.15) is 11.3 Å². The van der Waals surface area contributed by atoms with Crippen molar-refractivity contribution in [3.8, 4) is 11.5 Å². The Balaban J connectivity index is 1.70. The van der Waals surface area contributed by atoms with E-state index in [1.165, 1.54) is 16.2 Å². The Bertz CT molecular complexity index is 627. The van der Waals surface area contributed by atoms with Crippen LogP contribution in [0.15, 0.2) is 29.3 Å². The summed E-state index contributed by atoms with van der Waals surface area (Å²) in [5.41, 5.74) is 2.40. The van der Waals surface area contributed by atoms with Crippen LogP contribution in [-0.2, 0) is 20.1 Å². The first-order chi connectivity index (χ1) is 10.3. The van der Waals surface area contributed by atoms with Crippen LogP contribution in [0.4, 0.5) is 0 Å². The number of aromatic nitrogens is 2. The van der Waals surface area contributed by atoms with Gasteiger partial charge in [0.05, 0.1) is 5.69 Å². The maximum Gasteiger partial charge on any atom is 0.162 e. The Morgan fingerprint density at radius 2 is 2.00 bits per heavy atom. The average Bonchev–Trinajstić information content (AvgIpc) is 2.92. The van der Waals surface area contributed by atoms with E-state index >= 15 is 0 Å². The van der Waals surface area contributed by atoms with Crippen LogP contribution >= 0.6 is 11.8 Å². The fourth-order valence-electron chi connectivity index (χ4n) is 2.34. The lowest BCUT2D eigenvalue weighted by molar-refractivity contribution is 0.171. The second-order valence-electron chi connectivity index (χ2n) is 4.86. The summed E-state index contributed by atoms with van der Waals surface area (Å²) < 4.78 is 13.2. The Morgan fingerprint density at radius 1 is 1.24 bits per heavy atom. The maximum atomic E-state index is 5.66. The van der Waals surface area contributed by atoms with E-state index in [4.69, 9.17) is 9.47 Å². The van der Waals surface area contributed by atoms with Gasteiger partial charge < -0.3 is 14.8 Å². The van der Waals surface area contributed by atoms with Gasteiger partial charge in [0, 0.05) is 31.2 Å². The molecule has 1 N–H and O–H groups in total. The Kier molecular flexibility index (Phi) is 4.36. The second-order valence-corrected chi connectivity index (χ2v) is 5.71. The first-order valence-corrected chi connectivity index (χ1v) is 8.14. The zero-order valence-electron chi connectivity index (χ0n) is 12.3. The number of nitrogens with zero attached hydrogens (tertiary/aromatic N) is 2. The van der Waals surface area contributed by atoms with E-state index in [0.29, 0.717) is 13.2 Å². The molecule has 1 aliphatic heterocycles. The summed E-state index contributed by atoms with van der Waals surface area (Å²) in [4.78, 5) is 1.22. The molecule has 0 saturated carbocycles. The zero-order valence-corrected chi connectivity index (χ0v) is 13.1. The lowest BCUT2D eigenvalue weighted by Crippen LogP contribution is -2.18. The van der Waals surface area contributed by atoms with Crippen molar-refractivity contribution in [1.82, 2.24) is 15.1 Å². The Morgan fingerprint density at radius 3 is 2.67 bits per heavy atom. The number of thioether (sulfide) groups is 1. The minimum atomic E-state index is 0.619. The van der Waals surface area contributed by atoms with Crippen molar-refractivity contribution in [3.05, 3.63) is 35.7 Å². The molecule has 0 amide bonds. The summed E-state index contributed by atoms with van der Waals surface area (Å²) in [6, 6.07) is 6.17. The molecule has 6 heteroatoms. The standard InChI is InChI=1S/C15H19N3O2S/c1-18-12(3-4-17-18)10-16-9-11-7-13-14(8-15(11)21-2)20-6-5-19-13/h3-4,7-8,16H,5-6,9-10H2,1-2H3. The normalized spacial score (nSPS) is 13.4. The highest BCUT2D eigenvalue weighted by Gasteiger charge is 2.15. The summed E-state index contributed by atoms with van der Waals surface area (Å²) in [5.74, 6) is 1.69. The Labute approximate surface area is 128 Å². The molecule has 0 fully saturated rings. The molecule has 0 saturated heterocycles. The van der Waals surface area contributed by atoms with E-state index in [-0.39, 0.29) is 0 Å². The lowest BCUT2D eigenvalue weighted by atomic mass is 10.2. The average molecular weight is 305 g/mol. The Hall–Kier alpha value is -1.66. The number of benzene rings is 1. The summed E-state index contributed by atoms with van der Waals surface area (Å²) in [6.07, 6.45) is 3.89. The lowest BCUT2D eigenvalue weighted by Gasteiger charge is -2.21. The number of rotatable bonds is 5. The third kappa shape index (κ3) is 3.16. The quantitative estimate of drug-likeness (QED) is 0.858. The molecule has 2 heterocycles. The largest absolute Gasteiger partial charge is 0.486 e. The van der Waals surface area contributed by atoms with Gasteiger partial charge in [0.1, 0.15) is 13.2 Å². The molecule has 1 aromatic carbocycles. The van der Waals surface area contributed by atoms with Gasteiger partial charge in [-0.25, -0.2) is 0 Å². The van der Waals surface area contributed by atoms with Crippen molar-refractivity contribution in [3.63, 3.8) is 0 Å². The van der Waals surface area contributed by atoms with Crippen LogP contribution in [0.25, 0.3) is 0 Å². The topological polar surface area (TPSA) is 48.3 Å². The van der Waals surface area contributed by atoms with Gasteiger partial charge >= 0.3 is 0 Å². The highest BCUT2D eigenvalue weighted by Crippen LogP contribution is 2.36. The molecule has 3 rings (SSSR count). The molecule has 2 aromatic rings. The van der Waals surface area contributed by atoms with Crippen LogP contribution < -0.4 is 14.8 Å². The van der Waals surface area contributed by atoms with Gasteiger partial charge in [-0.2, -0.15) is 5.10 Å². The molecule has 0 bridgehead atoms. The fraction of sp³-hybridized carbons (Fsp3) is 0.400. The SMILES string of the molecule is CSc1cc2c(cc1CNCc1ccnn1C)OCCO2. The number of hydrogen-bond donors (Lipinski definition) is 1. The number of nitrogens with one attached hydrogen (secondary N) is 1. The number of ether oxygens (including phenoxy) is 2. The number of aryl methyl sites for hydroxylation is 1. The molecule has 0 radical (unpaired) electrons. The fourth-order valence-corrected chi connectivity index (χ4v) is 2.96. The van der Waals surface area contributed by atoms with Gasteiger partial charge in [-0.15, -0.1) is 11.8 Å². The van der Waals surface area contributed by atoms with E-state index in [9.17, 15) is 0 Å². The van der Waals surface area contributed by atoms with Crippen molar-refractivity contribution >= 4 is 11.8 Å². The van der Waals surface area contributed by atoms with E-state index < -0.39 is 0 Å². The molecule has 1 aromatic heterocycles. The van der Waals surface area contributed by atoms with Crippen molar-refractivity contribution in [2.75, 3.05) is 19.5 Å². The second kappa shape index (κ2) is 6.41. The molecular weight excluding hydrogens is 286 g/mol. The van der Waals surface area contributed by atoms with Gasteiger partial charge in [-0.1, -0.05) is 0 Å². The van der Waals surface area contributed by atoms with Gasteiger partial charge in [-0.05, 0) is 30.0 Å². The maximum absolute atomic E-state index is 5.66. The van der Waals surface area contributed by atoms with Crippen LogP contribution in [0, 0.1) is 0 Å².